The molecule has 2 N–H and O–H groups in total. The van der Waals surface area contributed by atoms with Crippen LogP contribution in [0.1, 0.15) is 0 Å². The van der Waals surface area contributed by atoms with E-state index >= 15 is 0 Å². The van der Waals surface area contributed by atoms with E-state index in [4.69, 9.17) is 5.73 Å². The van der Waals surface area contributed by atoms with Gasteiger partial charge in [-0.05, 0) is 30.3 Å². The molecule has 0 aliphatic rings. The highest BCUT2D eigenvalue weighted by Crippen LogP contribution is 2.26. The molecule has 0 aliphatic carbocycles. The first-order valence-electron chi connectivity index (χ1n) is 5.51. The maximum absolute atomic E-state index is 13.2. The van der Waals surface area contributed by atoms with Crippen molar-refractivity contribution in [3.8, 4) is 11.3 Å². The predicted octanol–water partition coefficient (Wildman–Crippen LogP) is 3.02. The third-order valence-electron chi connectivity index (χ3n) is 2.71. The Hall–Kier alpha value is -2.49. The maximum Gasteiger partial charge on any atom is 0.123 e. The van der Waals surface area contributed by atoms with Gasteiger partial charge in [0.05, 0.1) is 22.4 Å². The van der Waals surface area contributed by atoms with Gasteiger partial charge in [-0.25, -0.2) is 9.37 Å². The predicted molar refractivity (Wildman–Crippen MR) is 69.3 cm³/mol. The lowest BCUT2D eigenvalue weighted by atomic mass is 10.1. The minimum atomic E-state index is -0.306. The first-order valence-corrected chi connectivity index (χ1v) is 5.51. The summed E-state index contributed by atoms with van der Waals surface area (Å²) in [5, 5.41) is 0. The molecule has 0 bridgehead atoms. The van der Waals surface area contributed by atoms with E-state index in [0.717, 1.165) is 11.0 Å². The van der Waals surface area contributed by atoms with Crippen molar-refractivity contribution in [2.24, 2.45) is 0 Å². The van der Waals surface area contributed by atoms with Crippen LogP contribution >= 0.6 is 0 Å². The van der Waals surface area contributed by atoms with E-state index in [1.165, 1.54) is 12.1 Å². The van der Waals surface area contributed by atoms with Crippen LogP contribution in [0.15, 0.2) is 48.7 Å². The highest BCUT2D eigenvalue weighted by atomic mass is 19.1. The second-order valence-corrected chi connectivity index (χ2v) is 3.98. The smallest absolute Gasteiger partial charge is 0.123 e. The normalized spacial score (nSPS) is 10.7. The topological polar surface area (TPSA) is 51.8 Å². The molecule has 1 aromatic carbocycles. The van der Waals surface area contributed by atoms with E-state index in [2.05, 4.69) is 9.97 Å². The Morgan fingerprint density at radius 3 is 2.72 bits per heavy atom. The summed E-state index contributed by atoms with van der Waals surface area (Å²) in [5.74, 6) is -0.306. The number of nitrogens with two attached hydrogens (primary N) is 1. The monoisotopic (exact) mass is 239 g/mol. The van der Waals surface area contributed by atoms with Crippen LogP contribution in [0.4, 0.5) is 10.1 Å². The van der Waals surface area contributed by atoms with Crippen LogP contribution in [-0.4, -0.2) is 9.97 Å². The molecule has 0 amide bonds. The Balaban J connectivity index is 2.26. The van der Waals surface area contributed by atoms with Crippen LogP contribution in [0.2, 0.25) is 0 Å². The number of aromatic nitrogens is 2. The Morgan fingerprint density at radius 2 is 1.89 bits per heavy atom. The van der Waals surface area contributed by atoms with Crippen LogP contribution in [0.5, 0.6) is 0 Å². The molecular formula is C14H10FN3. The van der Waals surface area contributed by atoms with Gasteiger partial charge < -0.3 is 5.73 Å². The first-order chi connectivity index (χ1) is 8.74. The first kappa shape index (κ1) is 10.7. The van der Waals surface area contributed by atoms with E-state index in [0.29, 0.717) is 16.9 Å². The Labute approximate surface area is 103 Å². The third-order valence-corrected chi connectivity index (χ3v) is 2.71. The average Bonchev–Trinajstić information content (AvgIpc) is 2.38. The van der Waals surface area contributed by atoms with Crippen molar-refractivity contribution in [3.05, 3.63) is 54.5 Å². The molecule has 3 rings (SSSR count). The lowest BCUT2D eigenvalue weighted by molar-refractivity contribution is 0.628. The molecule has 0 spiro atoms. The SMILES string of the molecule is Nc1cc2ncccc2nc1-c1cccc(F)c1. The molecule has 0 fully saturated rings. The molecule has 0 atom stereocenters. The highest BCUT2D eigenvalue weighted by molar-refractivity contribution is 5.85. The van der Waals surface area contributed by atoms with Crippen molar-refractivity contribution in [2.45, 2.75) is 0 Å². The summed E-state index contributed by atoms with van der Waals surface area (Å²) in [4.78, 5) is 8.61. The molecule has 2 aromatic heterocycles. The van der Waals surface area contributed by atoms with Crippen molar-refractivity contribution in [3.63, 3.8) is 0 Å². The van der Waals surface area contributed by atoms with Gasteiger partial charge in [0.25, 0.3) is 0 Å². The molecule has 0 saturated carbocycles. The molecule has 0 aliphatic heterocycles. The summed E-state index contributed by atoms with van der Waals surface area (Å²) in [7, 11) is 0. The second kappa shape index (κ2) is 4.07. The number of benzene rings is 1. The minimum absolute atomic E-state index is 0.306. The number of rotatable bonds is 1. The molecular weight excluding hydrogens is 229 g/mol. The van der Waals surface area contributed by atoms with Crippen LogP contribution in [0.3, 0.4) is 0 Å². The molecule has 0 radical (unpaired) electrons. The van der Waals surface area contributed by atoms with Gasteiger partial charge in [0.15, 0.2) is 0 Å². The zero-order valence-corrected chi connectivity index (χ0v) is 9.47. The van der Waals surface area contributed by atoms with E-state index < -0.39 is 0 Å². The molecule has 3 aromatic rings. The quantitative estimate of drug-likeness (QED) is 0.710. The van der Waals surface area contributed by atoms with Gasteiger partial charge in [0, 0.05) is 11.8 Å². The number of halogens is 1. The summed E-state index contributed by atoms with van der Waals surface area (Å²) in [6.45, 7) is 0. The summed E-state index contributed by atoms with van der Waals surface area (Å²) in [5.41, 5.74) is 9.15. The largest absolute Gasteiger partial charge is 0.397 e. The number of fused-ring (bicyclic) bond motifs is 1. The molecule has 0 saturated heterocycles. The third kappa shape index (κ3) is 1.78. The number of hydrogen-bond donors (Lipinski definition) is 1. The fourth-order valence-corrected chi connectivity index (χ4v) is 1.88. The van der Waals surface area contributed by atoms with Crippen molar-refractivity contribution >= 4 is 16.7 Å². The highest BCUT2D eigenvalue weighted by Gasteiger charge is 2.07. The standard InChI is InChI=1S/C14H10FN3/c15-10-4-1-3-9(7-10)14-11(16)8-13-12(18-14)5-2-6-17-13/h1-8H,16H2. The van der Waals surface area contributed by atoms with E-state index in [1.807, 2.05) is 6.07 Å². The van der Waals surface area contributed by atoms with Crippen molar-refractivity contribution in [1.29, 1.82) is 0 Å². The number of pyridine rings is 2. The zero-order chi connectivity index (χ0) is 12.5. The lowest BCUT2D eigenvalue weighted by Gasteiger charge is -2.06. The number of nitrogen functional groups attached to an aromatic ring is 1. The summed E-state index contributed by atoms with van der Waals surface area (Å²) in [6.07, 6.45) is 1.69. The lowest BCUT2D eigenvalue weighted by Crippen LogP contribution is -1.95. The van der Waals surface area contributed by atoms with Gasteiger partial charge in [0.2, 0.25) is 0 Å². The fourth-order valence-electron chi connectivity index (χ4n) is 1.88. The van der Waals surface area contributed by atoms with Crippen molar-refractivity contribution in [1.82, 2.24) is 9.97 Å². The van der Waals surface area contributed by atoms with Gasteiger partial charge in [0.1, 0.15) is 5.82 Å². The summed E-state index contributed by atoms with van der Waals surface area (Å²) >= 11 is 0. The zero-order valence-electron chi connectivity index (χ0n) is 9.47. The molecule has 0 unspecified atom stereocenters. The molecule has 18 heavy (non-hydrogen) atoms. The van der Waals surface area contributed by atoms with Crippen molar-refractivity contribution < 1.29 is 4.39 Å². The van der Waals surface area contributed by atoms with Gasteiger partial charge in [-0.3, -0.25) is 4.98 Å². The van der Waals surface area contributed by atoms with Crippen LogP contribution in [0, 0.1) is 5.82 Å². The van der Waals surface area contributed by atoms with E-state index in [1.54, 1.807) is 30.5 Å². The van der Waals surface area contributed by atoms with E-state index in [9.17, 15) is 4.39 Å². The Kier molecular flexibility index (Phi) is 2.41. The van der Waals surface area contributed by atoms with Crippen molar-refractivity contribution in [2.75, 3.05) is 5.73 Å². The van der Waals surface area contributed by atoms with Gasteiger partial charge in [-0.15, -0.1) is 0 Å². The summed E-state index contributed by atoms with van der Waals surface area (Å²) in [6, 6.07) is 11.6. The number of nitrogens with zero attached hydrogens (tertiary/aromatic N) is 2. The molecule has 3 nitrogen and oxygen atoms in total. The number of hydrogen-bond acceptors (Lipinski definition) is 3. The van der Waals surface area contributed by atoms with Crippen LogP contribution in [0.25, 0.3) is 22.3 Å². The minimum Gasteiger partial charge on any atom is -0.397 e. The van der Waals surface area contributed by atoms with E-state index in [-0.39, 0.29) is 5.82 Å². The second-order valence-electron chi connectivity index (χ2n) is 3.98. The number of anilines is 1. The molecule has 4 heteroatoms. The maximum atomic E-state index is 13.2. The summed E-state index contributed by atoms with van der Waals surface area (Å²) < 4.78 is 13.2. The molecule has 88 valence electrons. The van der Waals surface area contributed by atoms with Gasteiger partial charge >= 0.3 is 0 Å². The van der Waals surface area contributed by atoms with Crippen LogP contribution in [-0.2, 0) is 0 Å². The Morgan fingerprint density at radius 1 is 1.00 bits per heavy atom. The fraction of sp³-hybridized carbons (Fsp3) is 0. The van der Waals surface area contributed by atoms with Gasteiger partial charge in [-0.1, -0.05) is 12.1 Å². The Bertz CT molecular complexity index is 725. The molecule has 2 heterocycles. The average molecular weight is 239 g/mol. The van der Waals surface area contributed by atoms with Gasteiger partial charge in [-0.2, -0.15) is 0 Å². The van der Waals surface area contributed by atoms with Crippen LogP contribution < -0.4 is 5.73 Å².